The Labute approximate surface area is 433 Å². The predicted molar refractivity (Wildman–Crippen MR) is 282 cm³/mol. The van der Waals surface area contributed by atoms with Gasteiger partial charge in [-0.1, -0.05) is 41.5 Å². The summed E-state index contributed by atoms with van der Waals surface area (Å²) in [5, 5.41) is 66.6. The summed E-state index contributed by atoms with van der Waals surface area (Å²) in [5.74, 6) is 4.09. The molecular formula is C58H93N2O11P. The Bertz CT molecular complexity index is 2110. The van der Waals surface area contributed by atoms with Gasteiger partial charge >= 0.3 is 11.9 Å². The van der Waals surface area contributed by atoms with Crippen molar-refractivity contribution in [2.45, 2.75) is 208 Å². The van der Waals surface area contributed by atoms with Crippen LogP contribution in [0.1, 0.15) is 193 Å². The van der Waals surface area contributed by atoms with E-state index in [9.17, 15) is 44.9 Å². The van der Waals surface area contributed by atoms with Crippen molar-refractivity contribution in [1.29, 1.82) is 0 Å². The van der Waals surface area contributed by atoms with Gasteiger partial charge in [0.25, 0.3) is 11.6 Å². The number of carboxylic acids is 1. The second-order valence-electron chi connectivity index (χ2n) is 26.0. The standard InChI is InChI=1S/C34H50N2O7.C24H40O4.H3P/c1-5-35-32(40)21-7-8-22(28(16-21)36(41)42)19-43-30(39)11-6-20(2)25-9-10-26-31-27(13-15-34(25,26)4)33(3)14-12-24(37)17-23(33)18-29(31)38;1-14(4-7-21(27)28)17-5-6-18-22-19(9-11-24(17,18)3)23(2)10-8-16(25)12-15(23)13-20(22)26;/h7-8,16,20,23-27,29,31,37-38H,5-6,9-15,17-19H2,1-4H3,(H,35,40);14-20,22,25-26H,4-13H2,1-3H3,(H,27,28);1H3/t20-,23-,24+,25?,26?,27?,29+,31?,33-,34+;14-,15-,16+,17?,18?,19?,20+,22?,23-,24+;/m00./s1. The number of nitrogens with one attached hydrogen (secondary N) is 1. The van der Waals surface area contributed by atoms with Gasteiger partial charge in [-0.2, -0.15) is 9.90 Å². The van der Waals surface area contributed by atoms with E-state index in [1.54, 1.807) is 6.92 Å². The average Bonchev–Trinajstić information content (AvgIpc) is 3.87. The third-order valence-electron chi connectivity index (χ3n) is 22.7. The van der Waals surface area contributed by atoms with Crippen molar-refractivity contribution in [3.63, 3.8) is 0 Å². The average molecular weight is 1030 g/mol. The number of nitrogens with zero attached hydrogens (tertiary/aromatic N) is 1. The molecule has 21 atom stereocenters. The fourth-order valence-corrected chi connectivity index (χ4v) is 18.9. The number of esters is 1. The van der Waals surface area contributed by atoms with E-state index in [-0.39, 0.29) is 104 Å². The molecule has 1 amide bonds. The van der Waals surface area contributed by atoms with Gasteiger partial charge in [-0.15, -0.1) is 0 Å². The summed E-state index contributed by atoms with van der Waals surface area (Å²) in [5.41, 5.74) is 1.08. The molecule has 0 aromatic heterocycles. The fourth-order valence-electron chi connectivity index (χ4n) is 18.9. The maximum atomic E-state index is 12.8. The molecule has 9 unspecified atom stereocenters. The lowest BCUT2D eigenvalue weighted by Gasteiger charge is -2.62. The number of nitro benzene ring substituents is 1. The first kappa shape index (κ1) is 57.0. The highest BCUT2D eigenvalue weighted by Crippen LogP contribution is 2.70. The normalized spacial score (nSPS) is 42.4. The van der Waals surface area contributed by atoms with Crippen molar-refractivity contribution in [2.24, 2.45) is 92.7 Å². The van der Waals surface area contributed by atoms with E-state index in [1.165, 1.54) is 43.9 Å². The molecule has 8 saturated carbocycles. The van der Waals surface area contributed by atoms with Gasteiger partial charge in [-0.25, -0.2) is 0 Å². The zero-order valence-corrected chi connectivity index (χ0v) is 46.3. The molecule has 0 spiro atoms. The number of carboxylic acid groups (broad SMARTS) is 1. The maximum absolute atomic E-state index is 12.8. The Morgan fingerprint density at radius 1 is 0.694 bits per heavy atom. The lowest BCUT2D eigenvalue weighted by atomic mass is 9.43. The molecule has 72 heavy (non-hydrogen) atoms. The van der Waals surface area contributed by atoms with Crippen LogP contribution in [0.5, 0.6) is 0 Å². The van der Waals surface area contributed by atoms with Gasteiger partial charge in [-0.3, -0.25) is 24.5 Å². The number of aliphatic carboxylic acids is 1. The monoisotopic (exact) mass is 1020 g/mol. The first-order chi connectivity index (χ1) is 33.5. The third kappa shape index (κ3) is 10.7. The van der Waals surface area contributed by atoms with Crippen LogP contribution < -0.4 is 5.32 Å². The number of ether oxygens (including phenoxy) is 1. The van der Waals surface area contributed by atoms with E-state index in [2.05, 4.69) is 46.9 Å². The van der Waals surface area contributed by atoms with Crippen molar-refractivity contribution in [1.82, 2.24) is 5.32 Å². The molecule has 0 saturated heterocycles. The maximum Gasteiger partial charge on any atom is 0.306 e. The summed E-state index contributed by atoms with van der Waals surface area (Å²) >= 11 is 0. The van der Waals surface area contributed by atoms with Crippen LogP contribution in [0.15, 0.2) is 18.2 Å². The number of hydrogen-bond acceptors (Lipinski definition) is 10. The third-order valence-corrected chi connectivity index (χ3v) is 22.7. The van der Waals surface area contributed by atoms with Crippen molar-refractivity contribution in [3.8, 4) is 0 Å². The molecule has 8 aliphatic rings. The summed E-state index contributed by atoms with van der Waals surface area (Å²) in [6, 6.07) is 4.21. The molecule has 1 aromatic carbocycles. The van der Waals surface area contributed by atoms with Gasteiger partial charge in [0.15, 0.2) is 0 Å². The molecule has 406 valence electrons. The van der Waals surface area contributed by atoms with E-state index >= 15 is 0 Å². The van der Waals surface area contributed by atoms with Gasteiger partial charge in [0.05, 0.1) is 34.9 Å². The minimum Gasteiger partial charge on any atom is -0.481 e. The topological polar surface area (TPSA) is 217 Å². The summed E-state index contributed by atoms with van der Waals surface area (Å²) < 4.78 is 5.47. The summed E-state index contributed by atoms with van der Waals surface area (Å²) in [4.78, 5) is 47.0. The zero-order chi connectivity index (χ0) is 51.4. The summed E-state index contributed by atoms with van der Waals surface area (Å²) in [7, 11) is 0. The first-order valence-electron chi connectivity index (χ1n) is 28.2. The van der Waals surface area contributed by atoms with Crippen molar-refractivity contribution < 1.29 is 49.6 Å². The molecule has 0 radical (unpaired) electrons. The smallest absolute Gasteiger partial charge is 0.306 e. The van der Waals surface area contributed by atoms with Crippen LogP contribution in [-0.4, -0.2) is 79.3 Å². The molecule has 6 N–H and O–H groups in total. The van der Waals surface area contributed by atoms with E-state index in [1.807, 2.05) is 0 Å². The van der Waals surface area contributed by atoms with Gasteiger partial charge in [-0.05, 0) is 227 Å². The van der Waals surface area contributed by atoms with Crippen LogP contribution in [0.25, 0.3) is 0 Å². The number of aliphatic hydroxyl groups is 4. The molecule has 8 fully saturated rings. The second-order valence-corrected chi connectivity index (χ2v) is 26.0. The molecule has 1 aromatic rings. The number of fused-ring (bicyclic) bond motifs is 10. The molecule has 14 heteroatoms. The largest absolute Gasteiger partial charge is 0.481 e. The molecule has 0 bridgehead atoms. The minimum atomic E-state index is -0.684. The quantitative estimate of drug-likeness (QED) is 0.0473. The molecule has 9 rings (SSSR count). The predicted octanol–water partition coefficient (Wildman–Crippen LogP) is 10.3. The van der Waals surface area contributed by atoms with Crippen LogP contribution >= 0.6 is 9.90 Å². The number of amides is 1. The highest BCUT2D eigenvalue weighted by atomic mass is 31.0. The highest BCUT2D eigenvalue weighted by molar-refractivity contribution is 6.92. The number of carbonyl (C=O) groups excluding carboxylic acids is 2. The summed E-state index contributed by atoms with van der Waals surface area (Å²) in [6.45, 7) is 16.2. The van der Waals surface area contributed by atoms with E-state index in [0.29, 0.717) is 84.0 Å². The van der Waals surface area contributed by atoms with Crippen LogP contribution in [0.4, 0.5) is 5.69 Å². The second kappa shape index (κ2) is 22.5. The minimum absolute atomic E-state index is 0. The van der Waals surface area contributed by atoms with Crippen molar-refractivity contribution in [2.75, 3.05) is 6.54 Å². The van der Waals surface area contributed by atoms with Crippen LogP contribution in [0.2, 0.25) is 0 Å². The van der Waals surface area contributed by atoms with Gasteiger partial charge in [0, 0.05) is 31.0 Å². The SMILES string of the molecule is CCNC(=O)c1ccc(COC(=O)CC[C@H](C)C2CCC3C4C(CC[C@@]32C)[C@@]2(C)CC[C@@H](O)C[C@H]2C[C@H]4O)c([N+](=O)[O-])c1.C[C@@H](CCC(=O)O)C1CCC2C3C(CC[C@@]21C)[C@@]1(C)CC[C@@H](O)C[C@H]1C[C@H]3O.P. The Balaban J connectivity index is 0.000000227. The first-order valence-corrected chi connectivity index (χ1v) is 28.2. The fraction of sp³-hybridized carbons (Fsp3) is 0.845. The lowest BCUT2D eigenvalue weighted by Crippen LogP contribution is -2.58. The van der Waals surface area contributed by atoms with Gasteiger partial charge in [0.2, 0.25) is 0 Å². The van der Waals surface area contributed by atoms with Gasteiger partial charge < -0.3 is 35.6 Å². The molecule has 13 nitrogen and oxygen atoms in total. The Hall–Kier alpha value is -2.70. The number of aliphatic hydroxyl groups excluding tert-OH is 4. The molecular weight excluding hydrogens is 932 g/mol. The van der Waals surface area contributed by atoms with E-state index < -0.39 is 10.9 Å². The molecule has 0 aliphatic heterocycles. The number of nitro groups is 1. The number of benzene rings is 1. The van der Waals surface area contributed by atoms with Crippen LogP contribution in [-0.2, 0) is 20.9 Å². The number of carbonyl (C=O) groups is 3. The van der Waals surface area contributed by atoms with Crippen molar-refractivity contribution in [3.05, 3.63) is 39.4 Å². The number of hydrogen-bond donors (Lipinski definition) is 6. The lowest BCUT2D eigenvalue weighted by molar-refractivity contribution is -0.385. The highest BCUT2D eigenvalue weighted by Gasteiger charge is 2.64. The molecule has 0 heterocycles. The van der Waals surface area contributed by atoms with E-state index in [0.717, 1.165) is 83.5 Å². The van der Waals surface area contributed by atoms with E-state index in [4.69, 9.17) is 9.84 Å². The number of rotatable bonds is 13. The molecule has 8 aliphatic carbocycles. The van der Waals surface area contributed by atoms with Gasteiger partial charge in [0.1, 0.15) is 6.61 Å². The Kier molecular flexibility index (Phi) is 17.8. The summed E-state index contributed by atoms with van der Waals surface area (Å²) in [6.07, 6.45) is 17.7. The Morgan fingerprint density at radius 3 is 1.61 bits per heavy atom. The van der Waals surface area contributed by atoms with Crippen molar-refractivity contribution >= 4 is 33.4 Å². The Morgan fingerprint density at radius 2 is 1.15 bits per heavy atom. The zero-order valence-electron chi connectivity index (χ0n) is 44.9. The van der Waals surface area contributed by atoms with Crippen LogP contribution in [0, 0.1) is 103 Å². The van der Waals surface area contributed by atoms with Crippen LogP contribution in [0.3, 0.4) is 0 Å².